The van der Waals surface area contributed by atoms with Gasteiger partial charge in [-0.25, -0.2) is 0 Å². The molecule has 5 aromatic rings. The van der Waals surface area contributed by atoms with Crippen molar-refractivity contribution in [3.05, 3.63) is 150 Å². The Bertz CT molecular complexity index is 1500. The van der Waals surface area contributed by atoms with Crippen molar-refractivity contribution in [3.63, 3.8) is 0 Å². The molecule has 4 heteroatoms. The molecule has 0 radical (unpaired) electrons. The zero-order valence-electron chi connectivity index (χ0n) is 22.3. The van der Waals surface area contributed by atoms with Gasteiger partial charge in [0, 0.05) is 0 Å². The van der Waals surface area contributed by atoms with Crippen LogP contribution in [-0.4, -0.2) is 5.91 Å². The van der Waals surface area contributed by atoms with Crippen LogP contribution in [-0.2, 0) is 6.16 Å². The lowest BCUT2D eigenvalue weighted by molar-refractivity contribution is -0.0000158. The Morgan fingerprint density at radius 3 is 1.67 bits per heavy atom. The zero-order valence-corrected chi connectivity index (χ0v) is 23.9. The minimum absolute atomic E-state index is 0. The molecular formula is C35H33ClNOP. The first kappa shape index (κ1) is 28.3. The van der Waals surface area contributed by atoms with Crippen LogP contribution in [0.5, 0.6) is 0 Å². The molecule has 5 aromatic carbocycles. The van der Waals surface area contributed by atoms with E-state index in [4.69, 9.17) is 5.73 Å². The average Bonchev–Trinajstić information content (AvgIpc) is 2.97. The first-order valence-electron chi connectivity index (χ1n) is 13.1. The monoisotopic (exact) mass is 549 g/mol. The van der Waals surface area contributed by atoms with E-state index in [1.54, 1.807) is 0 Å². The average molecular weight is 550 g/mol. The zero-order chi connectivity index (χ0) is 26.5. The van der Waals surface area contributed by atoms with Crippen LogP contribution in [0.3, 0.4) is 0 Å². The summed E-state index contributed by atoms with van der Waals surface area (Å²) in [4.78, 5) is 13.5. The molecular weight excluding hydrogens is 517 g/mol. The van der Waals surface area contributed by atoms with E-state index in [0.29, 0.717) is 11.5 Å². The second-order valence-corrected chi connectivity index (χ2v) is 13.4. The summed E-state index contributed by atoms with van der Waals surface area (Å²) in [6, 6.07) is 46.6. The normalized spacial score (nSPS) is 11.2. The van der Waals surface area contributed by atoms with Crippen LogP contribution in [0, 0.1) is 0 Å². The van der Waals surface area contributed by atoms with Gasteiger partial charge in [-0.2, -0.15) is 0 Å². The fourth-order valence-electron chi connectivity index (χ4n) is 5.50. The summed E-state index contributed by atoms with van der Waals surface area (Å²) in [7, 11) is -2.35. The summed E-state index contributed by atoms with van der Waals surface area (Å²) in [5.41, 5.74) is 11.3. The molecule has 0 spiro atoms. The van der Waals surface area contributed by atoms with Gasteiger partial charge in [-0.3, -0.25) is 4.79 Å². The van der Waals surface area contributed by atoms with Gasteiger partial charge in [-0.1, -0.05) is 117 Å². The van der Waals surface area contributed by atoms with E-state index in [1.807, 2.05) is 12.1 Å². The summed E-state index contributed by atoms with van der Waals surface area (Å²) in [5.74, 6) is -0.0823. The molecule has 0 saturated heterocycles. The first-order valence-corrected chi connectivity index (χ1v) is 15.1. The molecule has 5 rings (SSSR count). The number of hydrogen-bond donors (Lipinski definition) is 1. The summed E-state index contributed by atoms with van der Waals surface area (Å²) in [5, 5.41) is 3.49. The third-order valence-electron chi connectivity index (χ3n) is 7.23. The van der Waals surface area contributed by atoms with Crippen molar-refractivity contribution < 1.29 is 17.2 Å². The predicted molar refractivity (Wildman–Crippen MR) is 163 cm³/mol. The van der Waals surface area contributed by atoms with Crippen LogP contribution in [0.2, 0.25) is 0 Å². The van der Waals surface area contributed by atoms with Gasteiger partial charge in [0.25, 0.3) is 5.91 Å². The number of rotatable bonds is 8. The maximum atomic E-state index is 13.5. The molecule has 39 heavy (non-hydrogen) atoms. The minimum Gasteiger partial charge on any atom is -1.00 e. The van der Waals surface area contributed by atoms with Gasteiger partial charge >= 0.3 is 0 Å². The van der Waals surface area contributed by atoms with E-state index in [-0.39, 0.29) is 12.4 Å². The summed E-state index contributed by atoms with van der Waals surface area (Å²) in [6.07, 6.45) is 0.789. The van der Waals surface area contributed by atoms with E-state index in [9.17, 15) is 4.79 Å². The van der Waals surface area contributed by atoms with E-state index >= 15 is 0 Å². The fraction of sp³-hybridized carbons (Fsp3) is 0.114. The first-order chi connectivity index (χ1) is 18.5. The Balaban J connectivity index is 0.00000353. The van der Waals surface area contributed by atoms with Gasteiger partial charge in [0.1, 0.15) is 23.2 Å². The molecule has 0 saturated carbocycles. The Kier molecular flexibility index (Phi) is 9.02. The lowest BCUT2D eigenvalue weighted by atomic mass is 9.90. The van der Waals surface area contributed by atoms with E-state index in [1.165, 1.54) is 21.7 Å². The number of hydrogen-bond acceptors (Lipinski definition) is 1. The number of halogens is 1. The quantitative estimate of drug-likeness (QED) is 0.291. The second-order valence-electron chi connectivity index (χ2n) is 9.93. The van der Waals surface area contributed by atoms with Crippen molar-refractivity contribution in [1.82, 2.24) is 0 Å². The number of amides is 1. The van der Waals surface area contributed by atoms with Crippen LogP contribution in [0.1, 0.15) is 41.3 Å². The third-order valence-corrected chi connectivity index (χ3v) is 11.6. The van der Waals surface area contributed by atoms with Crippen molar-refractivity contribution in [2.75, 3.05) is 0 Å². The Labute approximate surface area is 238 Å². The van der Waals surface area contributed by atoms with Gasteiger partial charge in [0.05, 0.1) is 11.7 Å². The molecule has 0 heterocycles. The third kappa shape index (κ3) is 5.55. The number of primary amides is 1. The van der Waals surface area contributed by atoms with Crippen molar-refractivity contribution in [2.24, 2.45) is 5.73 Å². The number of nitrogens with two attached hydrogens (primary N) is 1. The topological polar surface area (TPSA) is 43.1 Å². The fourth-order valence-corrected chi connectivity index (χ4v) is 9.97. The molecule has 0 fully saturated rings. The van der Waals surface area contributed by atoms with Crippen molar-refractivity contribution in [1.29, 1.82) is 0 Å². The SMILES string of the molecule is CC(C)c1ccccc1-c1cccc([P+](Cc2ccccc2)(c2ccccc2)c2ccccc2)c1C(N)=O.[Cl-]. The lowest BCUT2D eigenvalue weighted by Gasteiger charge is -2.30. The molecule has 0 bridgehead atoms. The number of carbonyl (C=O) groups is 1. The molecule has 0 unspecified atom stereocenters. The van der Waals surface area contributed by atoms with Gasteiger partial charge in [-0.05, 0) is 58.5 Å². The molecule has 196 valence electrons. The summed E-state index contributed by atoms with van der Waals surface area (Å²) < 4.78 is 0. The molecule has 0 atom stereocenters. The summed E-state index contributed by atoms with van der Waals surface area (Å²) in [6.45, 7) is 4.38. The van der Waals surface area contributed by atoms with Crippen LogP contribution in [0.15, 0.2) is 133 Å². The standard InChI is InChI=1S/C35H32NOP.ClH/c1-26(2)30-21-12-13-22-31(30)32-23-14-24-33(34(32)35(36)37)38(28-17-8-4-9-18-28,29-19-10-5-11-20-29)25-27-15-6-3-7-16-27;/h3-24,26H,25H2,1-2H3,(H-,36,37);1H. The molecule has 0 aliphatic carbocycles. The van der Waals surface area contributed by atoms with Crippen LogP contribution >= 0.6 is 7.26 Å². The molecule has 2 nitrogen and oxygen atoms in total. The van der Waals surface area contributed by atoms with Crippen molar-refractivity contribution in [2.45, 2.75) is 25.9 Å². The molecule has 1 amide bonds. The molecule has 0 aliphatic heterocycles. The van der Waals surface area contributed by atoms with Crippen LogP contribution in [0.4, 0.5) is 0 Å². The van der Waals surface area contributed by atoms with Crippen LogP contribution < -0.4 is 34.1 Å². The lowest BCUT2D eigenvalue weighted by Crippen LogP contribution is -3.00. The Hall–Kier alpha value is -3.71. The summed E-state index contributed by atoms with van der Waals surface area (Å²) >= 11 is 0. The molecule has 0 aromatic heterocycles. The van der Waals surface area contributed by atoms with E-state index in [2.05, 4.69) is 135 Å². The maximum Gasteiger partial charge on any atom is 0.253 e. The van der Waals surface area contributed by atoms with Gasteiger partial charge in [0.15, 0.2) is 0 Å². The highest BCUT2D eigenvalue weighted by Gasteiger charge is 2.48. The van der Waals surface area contributed by atoms with Gasteiger partial charge in [0.2, 0.25) is 0 Å². The predicted octanol–water partition coefficient (Wildman–Crippen LogP) is 4.07. The van der Waals surface area contributed by atoms with E-state index in [0.717, 1.165) is 22.6 Å². The number of benzene rings is 5. The highest BCUT2D eigenvalue weighted by Crippen LogP contribution is 2.59. The minimum atomic E-state index is -2.35. The van der Waals surface area contributed by atoms with E-state index < -0.39 is 13.2 Å². The smallest absolute Gasteiger partial charge is 0.253 e. The van der Waals surface area contributed by atoms with Crippen LogP contribution in [0.25, 0.3) is 11.1 Å². The van der Waals surface area contributed by atoms with Crippen molar-refractivity contribution >= 4 is 29.1 Å². The maximum absolute atomic E-state index is 13.5. The highest BCUT2D eigenvalue weighted by atomic mass is 35.5. The second kappa shape index (κ2) is 12.4. The largest absolute Gasteiger partial charge is 1.00 e. The Morgan fingerprint density at radius 1 is 0.641 bits per heavy atom. The highest BCUT2D eigenvalue weighted by molar-refractivity contribution is 7.95. The molecule has 0 aliphatic rings. The molecule has 2 N–H and O–H groups in total. The van der Waals surface area contributed by atoms with Gasteiger partial charge < -0.3 is 18.1 Å². The Morgan fingerprint density at radius 2 is 1.13 bits per heavy atom. The van der Waals surface area contributed by atoms with Gasteiger partial charge in [-0.15, -0.1) is 0 Å². The number of carbonyl (C=O) groups excluding carboxylic acids is 1. The van der Waals surface area contributed by atoms with Crippen molar-refractivity contribution in [3.8, 4) is 11.1 Å².